The van der Waals surface area contributed by atoms with Gasteiger partial charge in [-0.25, -0.2) is 0 Å². The molecule has 2 rings (SSSR count). The molecule has 0 saturated carbocycles. The van der Waals surface area contributed by atoms with Gasteiger partial charge in [-0.05, 0) is 26.7 Å². The summed E-state index contributed by atoms with van der Waals surface area (Å²) >= 11 is 0. The number of nitrogens with zero attached hydrogens (tertiary/aromatic N) is 2. The topological polar surface area (TPSA) is 113 Å². The predicted octanol–water partition coefficient (Wildman–Crippen LogP) is -0.765. The van der Waals surface area contributed by atoms with Crippen molar-refractivity contribution in [3.05, 3.63) is 0 Å². The molecule has 0 radical (unpaired) electrons. The number of carbonyl (C=O) groups is 5. The van der Waals surface area contributed by atoms with Crippen molar-refractivity contribution < 1.29 is 28.7 Å². The zero-order valence-corrected chi connectivity index (χ0v) is 15.5. The Balaban J connectivity index is 1.94. The van der Waals surface area contributed by atoms with Gasteiger partial charge in [-0.1, -0.05) is 0 Å². The molecule has 26 heavy (non-hydrogen) atoms. The van der Waals surface area contributed by atoms with Crippen LogP contribution in [0.1, 0.15) is 40.5 Å². The van der Waals surface area contributed by atoms with E-state index in [-0.39, 0.29) is 24.1 Å². The van der Waals surface area contributed by atoms with Crippen LogP contribution in [0, 0.1) is 0 Å². The van der Waals surface area contributed by atoms with Crippen LogP contribution in [-0.2, 0) is 28.7 Å². The number of amides is 3. The lowest BCUT2D eigenvalue weighted by atomic mass is 9.85. The Hall–Kier alpha value is -2.45. The van der Waals surface area contributed by atoms with Gasteiger partial charge in [0.1, 0.15) is 17.7 Å². The maximum Gasteiger partial charge on any atom is 0.302 e. The molecule has 144 valence electrons. The summed E-state index contributed by atoms with van der Waals surface area (Å²) in [6, 6.07) is -0.975. The molecule has 3 amide bonds. The van der Waals surface area contributed by atoms with Gasteiger partial charge < -0.3 is 19.9 Å². The molecule has 2 heterocycles. The van der Waals surface area contributed by atoms with Crippen molar-refractivity contribution in [3.8, 4) is 0 Å². The molecule has 2 saturated heterocycles. The minimum absolute atomic E-state index is 0.146. The number of β-lactam (4-membered cyclic amide) rings is 1. The largest absolute Gasteiger partial charge is 0.460 e. The van der Waals surface area contributed by atoms with Crippen LogP contribution in [0.3, 0.4) is 0 Å². The van der Waals surface area contributed by atoms with Crippen molar-refractivity contribution in [1.82, 2.24) is 15.1 Å². The zero-order chi connectivity index (χ0) is 19.6. The number of nitrogens with one attached hydrogen (secondary N) is 1. The third kappa shape index (κ3) is 3.71. The number of hydrogen-bond donors (Lipinski definition) is 1. The van der Waals surface area contributed by atoms with Crippen LogP contribution in [0.15, 0.2) is 0 Å². The van der Waals surface area contributed by atoms with Gasteiger partial charge in [0.25, 0.3) is 5.91 Å². The molecule has 9 nitrogen and oxygen atoms in total. The molecular formula is C17H25N3O6. The summed E-state index contributed by atoms with van der Waals surface area (Å²) < 4.78 is 4.96. The summed E-state index contributed by atoms with van der Waals surface area (Å²) in [6.45, 7) is 6.11. The number of esters is 1. The average molecular weight is 367 g/mol. The Kier molecular flexibility index (Phi) is 5.68. The monoisotopic (exact) mass is 367 g/mol. The zero-order valence-electron chi connectivity index (χ0n) is 15.5. The first kappa shape index (κ1) is 19.9. The van der Waals surface area contributed by atoms with E-state index in [1.54, 1.807) is 4.90 Å². The lowest BCUT2D eigenvalue weighted by Crippen LogP contribution is -2.73. The van der Waals surface area contributed by atoms with Crippen LogP contribution in [0.4, 0.5) is 0 Å². The minimum atomic E-state index is -0.975. The fraction of sp³-hybridized carbons (Fsp3) is 0.706. The molecular weight excluding hydrogens is 342 g/mol. The van der Waals surface area contributed by atoms with E-state index in [0.29, 0.717) is 19.5 Å². The van der Waals surface area contributed by atoms with Gasteiger partial charge in [-0.2, -0.15) is 0 Å². The van der Waals surface area contributed by atoms with Crippen LogP contribution >= 0.6 is 0 Å². The highest BCUT2D eigenvalue weighted by Gasteiger charge is 2.59. The van der Waals surface area contributed by atoms with E-state index in [1.165, 1.54) is 32.6 Å². The molecule has 0 aliphatic carbocycles. The number of likely N-dealkylation sites (tertiary alicyclic amines) is 2. The molecule has 2 aliphatic heterocycles. The normalized spacial score (nSPS) is 24.1. The molecule has 1 N–H and O–H groups in total. The van der Waals surface area contributed by atoms with Crippen molar-refractivity contribution in [3.63, 3.8) is 0 Å². The van der Waals surface area contributed by atoms with E-state index in [9.17, 15) is 24.0 Å². The van der Waals surface area contributed by atoms with E-state index in [2.05, 4.69) is 5.32 Å². The highest BCUT2D eigenvalue weighted by molar-refractivity contribution is 5.99. The van der Waals surface area contributed by atoms with E-state index in [4.69, 9.17) is 4.74 Å². The fourth-order valence-electron chi connectivity index (χ4n) is 3.78. The van der Waals surface area contributed by atoms with Gasteiger partial charge in [0.05, 0.1) is 13.1 Å². The second kappa shape index (κ2) is 7.43. The Bertz CT molecular complexity index is 648. The van der Waals surface area contributed by atoms with Gasteiger partial charge >= 0.3 is 5.97 Å². The van der Waals surface area contributed by atoms with Gasteiger partial charge in [-0.3, -0.25) is 24.0 Å². The van der Waals surface area contributed by atoms with Crippen LogP contribution in [0.5, 0.6) is 0 Å². The Labute approximate surface area is 152 Å². The first-order chi connectivity index (χ1) is 12.1. The number of ether oxygens (including phenoxy) is 1. The molecule has 2 fully saturated rings. The second-order valence-corrected chi connectivity index (χ2v) is 6.94. The molecule has 0 bridgehead atoms. The number of ketones is 1. The SMILES string of the molecule is CC(=O)O[C@H](C)[C@H](NC(=O)CN1CC2(CCCN2C(C)=O)C1=O)C(C)=O. The van der Waals surface area contributed by atoms with Crippen molar-refractivity contribution in [2.75, 3.05) is 19.6 Å². The third-order valence-corrected chi connectivity index (χ3v) is 4.92. The lowest BCUT2D eigenvalue weighted by molar-refractivity contribution is -0.168. The molecule has 0 aromatic rings. The lowest BCUT2D eigenvalue weighted by Gasteiger charge is -2.50. The fourth-order valence-corrected chi connectivity index (χ4v) is 3.78. The van der Waals surface area contributed by atoms with E-state index in [0.717, 1.165) is 6.42 Å². The van der Waals surface area contributed by atoms with Crippen molar-refractivity contribution in [1.29, 1.82) is 0 Å². The highest BCUT2D eigenvalue weighted by atomic mass is 16.5. The van der Waals surface area contributed by atoms with Crippen LogP contribution in [0.25, 0.3) is 0 Å². The molecule has 0 aromatic carbocycles. The van der Waals surface area contributed by atoms with E-state index >= 15 is 0 Å². The summed E-state index contributed by atoms with van der Waals surface area (Å²) in [6.07, 6.45) is 0.552. The summed E-state index contributed by atoms with van der Waals surface area (Å²) in [7, 11) is 0. The van der Waals surface area contributed by atoms with Gasteiger partial charge in [0, 0.05) is 20.4 Å². The predicted molar refractivity (Wildman–Crippen MR) is 89.8 cm³/mol. The molecule has 1 spiro atoms. The molecule has 3 atom stereocenters. The van der Waals surface area contributed by atoms with Crippen LogP contribution in [-0.4, -0.2) is 76.6 Å². The summed E-state index contributed by atoms with van der Waals surface area (Å²) in [5.41, 5.74) is -0.808. The first-order valence-electron chi connectivity index (χ1n) is 8.63. The number of carbonyl (C=O) groups excluding carboxylic acids is 5. The maximum atomic E-state index is 12.6. The van der Waals surface area contributed by atoms with E-state index in [1.807, 2.05) is 0 Å². The Morgan fingerprint density at radius 3 is 2.38 bits per heavy atom. The molecule has 2 aliphatic rings. The highest BCUT2D eigenvalue weighted by Crippen LogP contribution is 2.38. The maximum absolute atomic E-state index is 12.6. The summed E-state index contributed by atoms with van der Waals surface area (Å²) in [4.78, 5) is 62.2. The Morgan fingerprint density at radius 2 is 1.88 bits per heavy atom. The first-order valence-corrected chi connectivity index (χ1v) is 8.63. The number of hydrogen-bond acceptors (Lipinski definition) is 6. The number of rotatable bonds is 6. The minimum Gasteiger partial charge on any atom is -0.460 e. The second-order valence-electron chi connectivity index (χ2n) is 6.94. The average Bonchev–Trinajstić information content (AvgIpc) is 2.97. The van der Waals surface area contributed by atoms with Crippen LogP contribution in [0.2, 0.25) is 0 Å². The van der Waals surface area contributed by atoms with Gasteiger partial charge in [0.2, 0.25) is 11.8 Å². The van der Waals surface area contributed by atoms with Crippen LogP contribution < -0.4 is 5.32 Å². The summed E-state index contributed by atoms with van der Waals surface area (Å²) in [5.74, 6) is -1.81. The quantitative estimate of drug-likeness (QED) is 0.487. The molecule has 1 unspecified atom stereocenters. The van der Waals surface area contributed by atoms with Crippen molar-refractivity contribution in [2.24, 2.45) is 0 Å². The standard InChI is InChI=1S/C17H25N3O6/c1-10(21)15(11(2)26-13(4)23)18-14(24)8-19-9-17(16(19)25)6-5-7-20(17)12(3)22/h11,15H,5-9H2,1-4H3,(H,18,24)/t11-,15-,17?/m1/s1. The smallest absolute Gasteiger partial charge is 0.302 e. The van der Waals surface area contributed by atoms with Gasteiger partial charge in [-0.15, -0.1) is 0 Å². The van der Waals surface area contributed by atoms with Gasteiger partial charge in [0.15, 0.2) is 5.78 Å². The Morgan fingerprint density at radius 1 is 1.23 bits per heavy atom. The molecule has 9 heteroatoms. The third-order valence-electron chi connectivity index (χ3n) is 4.92. The number of Topliss-reactive ketones (excluding diaryl/α,β-unsaturated/α-hetero) is 1. The molecule has 0 aromatic heterocycles. The van der Waals surface area contributed by atoms with Crippen molar-refractivity contribution in [2.45, 2.75) is 58.2 Å². The van der Waals surface area contributed by atoms with E-state index < -0.39 is 29.6 Å². The summed E-state index contributed by atoms with van der Waals surface area (Å²) in [5, 5.41) is 2.51. The van der Waals surface area contributed by atoms with Crippen molar-refractivity contribution >= 4 is 29.5 Å².